The van der Waals surface area contributed by atoms with Gasteiger partial charge in [-0.05, 0) is 38.4 Å². The number of aromatic amines is 1. The van der Waals surface area contributed by atoms with Gasteiger partial charge < -0.3 is 9.88 Å². The van der Waals surface area contributed by atoms with E-state index < -0.39 is 0 Å². The summed E-state index contributed by atoms with van der Waals surface area (Å²) in [5.41, 5.74) is 3.04. The van der Waals surface area contributed by atoms with Crippen molar-refractivity contribution < 1.29 is 0 Å². The highest BCUT2D eigenvalue weighted by Crippen LogP contribution is 2.17. The summed E-state index contributed by atoms with van der Waals surface area (Å²) in [5.74, 6) is 0. The highest BCUT2D eigenvalue weighted by atomic mass is 15.0. The normalized spacial score (nSPS) is 10.9. The molecule has 0 atom stereocenters. The van der Waals surface area contributed by atoms with Crippen LogP contribution in [-0.2, 0) is 6.42 Å². The first-order valence-corrected chi connectivity index (χ1v) is 5.35. The van der Waals surface area contributed by atoms with Gasteiger partial charge in [0.1, 0.15) is 0 Å². The van der Waals surface area contributed by atoms with E-state index in [2.05, 4.69) is 36.1 Å². The lowest BCUT2D eigenvalue weighted by molar-refractivity contribution is 0.412. The lowest BCUT2D eigenvalue weighted by Gasteiger charge is -2.07. The maximum atomic E-state index is 8.81. The highest BCUT2D eigenvalue weighted by molar-refractivity contribution is 5.81. The van der Waals surface area contributed by atoms with Gasteiger partial charge in [0.05, 0.1) is 11.6 Å². The summed E-state index contributed by atoms with van der Waals surface area (Å²) in [7, 11) is 4.13. The molecule has 1 aromatic carbocycles. The summed E-state index contributed by atoms with van der Waals surface area (Å²) in [5, 5.41) is 9.93. The van der Waals surface area contributed by atoms with E-state index in [1.54, 1.807) is 0 Å². The fourth-order valence-electron chi connectivity index (χ4n) is 1.74. The molecule has 0 bridgehead atoms. The van der Waals surface area contributed by atoms with E-state index in [0.29, 0.717) is 5.56 Å². The molecular formula is C13H15N3. The second kappa shape index (κ2) is 4.38. The Labute approximate surface area is 95.3 Å². The molecular weight excluding hydrogens is 198 g/mol. The zero-order valence-electron chi connectivity index (χ0n) is 9.62. The number of H-pyrrole nitrogens is 1. The van der Waals surface area contributed by atoms with Crippen molar-refractivity contribution in [3.05, 3.63) is 35.5 Å². The molecule has 0 amide bonds. The van der Waals surface area contributed by atoms with Gasteiger partial charge in [-0.15, -0.1) is 0 Å². The SMILES string of the molecule is CN(C)CCc1cc2cc(C#N)ccc2[nH]1. The van der Waals surface area contributed by atoms with Gasteiger partial charge in [0, 0.05) is 29.6 Å². The Hall–Kier alpha value is -1.79. The molecule has 2 aromatic rings. The molecule has 0 aliphatic carbocycles. The van der Waals surface area contributed by atoms with Crippen LogP contribution in [0, 0.1) is 11.3 Å². The molecule has 82 valence electrons. The van der Waals surface area contributed by atoms with E-state index in [4.69, 9.17) is 5.26 Å². The van der Waals surface area contributed by atoms with E-state index in [1.165, 1.54) is 5.69 Å². The molecule has 0 saturated heterocycles. The maximum absolute atomic E-state index is 8.81. The summed E-state index contributed by atoms with van der Waals surface area (Å²) in [4.78, 5) is 5.53. The van der Waals surface area contributed by atoms with E-state index in [0.717, 1.165) is 23.9 Å². The number of nitrogens with one attached hydrogen (secondary N) is 1. The van der Waals surface area contributed by atoms with E-state index >= 15 is 0 Å². The van der Waals surface area contributed by atoms with Crippen LogP contribution in [0.15, 0.2) is 24.3 Å². The Bertz CT molecular complexity index is 532. The Kier molecular flexibility index (Phi) is 2.93. The van der Waals surface area contributed by atoms with Crippen LogP contribution in [0.5, 0.6) is 0 Å². The molecule has 0 spiro atoms. The minimum atomic E-state index is 0.714. The summed E-state index contributed by atoms with van der Waals surface area (Å²) >= 11 is 0. The minimum Gasteiger partial charge on any atom is -0.358 e. The molecule has 1 aromatic heterocycles. The average molecular weight is 213 g/mol. The van der Waals surface area contributed by atoms with Gasteiger partial charge in [-0.25, -0.2) is 0 Å². The van der Waals surface area contributed by atoms with Crippen molar-refractivity contribution >= 4 is 10.9 Å². The molecule has 3 heteroatoms. The number of nitriles is 1. The Morgan fingerprint density at radius 1 is 1.31 bits per heavy atom. The highest BCUT2D eigenvalue weighted by Gasteiger charge is 2.02. The first-order chi connectivity index (χ1) is 7.69. The van der Waals surface area contributed by atoms with Crippen LogP contribution in [0.25, 0.3) is 10.9 Å². The van der Waals surface area contributed by atoms with Gasteiger partial charge in [-0.2, -0.15) is 5.26 Å². The third-order valence-corrected chi connectivity index (χ3v) is 2.63. The first-order valence-electron chi connectivity index (χ1n) is 5.35. The van der Waals surface area contributed by atoms with Crippen LogP contribution in [0.3, 0.4) is 0 Å². The number of hydrogen-bond donors (Lipinski definition) is 1. The Balaban J connectivity index is 2.26. The van der Waals surface area contributed by atoms with Crippen molar-refractivity contribution in [2.45, 2.75) is 6.42 Å². The molecule has 1 heterocycles. The van der Waals surface area contributed by atoms with E-state index in [9.17, 15) is 0 Å². The number of aromatic nitrogens is 1. The van der Waals surface area contributed by atoms with Crippen molar-refractivity contribution in [2.24, 2.45) is 0 Å². The lowest BCUT2D eigenvalue weighted by Crippen LogP contribution is -2.15. The van der Waals surface area contributed by atoms with Crippen molar-refractivity contribution in [3.8, 4) is 6.07 Å². The maximum Gasteiger partial charge on any atom is 0.0991 e. The predicted molar refractivity (Wildman–Crippen MR) is 65.3 cm³/mol. The van der Waals surface area contributed by atoms with Gasteiger partial charge in [-0.1, -0.05) is 0 Å². The van der Waals surface area contributed by atoms with Gasteiger partial charge in [-0.3, -0.25) is 0 Å². The monoisotopic (exact) mass is 213 g/mol. The van der Waals surface area contributed by atoms with Crippen molar-refractivity contribution in [1.29, 1.82) is 5.26 Å². The molecule has 0 fully saturated rings. The van der Waals surface area contributed by atoms with E-state index in [-0.39, 0.29) is 0 Å². The standard InChI is InChI=1S/C13H15N3/c1-16(2)6-5-12-8-11-7-10(9-14)3-4-13(11)15-12/h3-4,7-8,15H,5-6H2,1-2H3. The second-order valence-corrected chi connectivity index (χ2v) is 4.26. The number of hydrogen-bond acceptors (Lipinski definition) is 2. The molecule has 0 aliphatic heterocycles. The molecule has 2 rings (SSSR count). The molecule has 1 N–H and O–H groups in total. The van der Waals surface area contributed by atoms with E-state index in [1.807, 2.05) is 18.2 Å². The topological polar surface area (TPSA) is 42.8 Å². The first kappa shape index (κ1) is 10.7. The van der Waals surface area contributed by atoms with Crippen molar-refractivity contribution in [2.75, 3.05) is 20.6 Å². The van der Waals surface area contributed by atoms with Crippen LogP contribution in [0.2, 0.25) is 0 Å². The number of fused-ring (bicyclic) bond motifs is 1. The summed E-state index contributed by atoms with van der Waals surface area (Å²) < 4.78 is 0. The van der Waals surface area contributed by atoms with Gasteiger partial charge in [0.15, 0.2) is 0 Å². The Morgan fingerprint density at radius 3 is 2.81 bits per heavy atom. The van der Waals surface area contributed by atoms with Gasteiger partial charge in [0.25, 0.3) is 0 Å². The molecule has 3 nitrogen and oxygen atoms in total. The van der Waals surface area contributed by atoms with Crippen LogP contribution in [0.1, 0.15) is 11.3 Å². The number of nitrogens with zero attached hydrogens (tertiary/aromatic N) is 2. The lowest BCUT2D eigenvalue weighted by atomic mass is 10.2. The smallest absolute Gasteiger partial charge is 0.0991 e. The van der Waals surface area contributed by atoms with Crippen LogP contribution >= 0.6 is 0 Å². The quantitative estimate of drug-likeness (QED) is 0.848. The third-order valence-electron chi connectivity index (χ3n) is 2.63. The minimum absolute atomic E-state index is 0.714. The zero-order valence-corrected chi connectivity index (χ0v) is 9.62. The molecule has 0 aliphatic rings. The second-order valence-electron chi connectivity index (χ2n) is 4.26. The summed E-state index contributed by atoms with van der Waals surface area (Å²) in [6, 6.07) is 10.0. The molecule has 0 radical (unpaired) electrons. The van der Waals surface area contributed by atoms with Gasteiger partial charge >= 0.3 is 0 Å². The van der Waals surface area contributed by atoms with Gasteiger partial charge in [0.2, 0.25) is 0 Å². The summed E-state index contributed by atoms with van der Waals surface area (Å²) in [6.45, 7) is 1.03. The third kappa shape index (κ3) is 2.23. The number of likely N-dealkylation sites (N-methyl/N-ethyl adjacent to an activating group) is 1. The van der Waals surface area contributed by atoms with Crippen LogP contribution < -0.4 is 0 Å². The van der Waals surface area contributed by atoms with Crippen molar-refractivity contribution in [1.82, 2.24) is 9.88 Å². The number of benzene rings is 1. The van der Waals surface area contributed by atoms with Crippen molar-refractivity contribution in [3.63, 3.8) is 0 Å². The van der Waals surface area contributed by atoms with Crippen LogP contribution in [-0.4, -0.2) is 30.5 Å². The largest absolute Gasteiger partial charge is 0.358 e. The fourth-order valence-corrected chi connectivity index (χ4v) is 1.74. The zero-order chi connectivity index (χ0) is 11.5. The summed E-state index contributed by atoms with van der Waals surface area (Å²) in [6.07, 6.45) is 1.00. The fraction of sp³-hybridized carbons (Fsp3) is 0.308. The molecule has 0 saturated carbocycles. The molecule has 0 unspecified atom stereocenters. The molecule has 16 heavy (non-hydrogen) atoms. The predicted octanol–water partition coefficient (Wildman–Crippen LogP) is 2.14. The average Bonchev–Trinajstić information content (AvgIpc) is 2.67. The number of rotatable bonds is 3. The Morgan fingerprint density at radius 2 is 2.12 bits per heavy atom. The van der Waals surface area contributed by atoms with Crippen LogP contribution in [0.4, 0.5) is 0 Å².